The van der Waals surface area contributed by atoms with E-state index in [0.717, 1.165) is 37.0 Å². The Hall–Kier alpha value is -0.610. The van der Waals surface area contributed by atoms with E-state index in [0.29, 0.717) is 5.92 Å². The number of nitrogens with zero attached hydrogens (tertiary/aromatic N) is 1. The zero-order valence-corrected chi connectivity index (χ0v) is 9.64. The number of hydrogen-bond acceptors (Lipinski definition) is 3. The topological polar surface area (TPSA) is 38.5 Å². The minimum Gasteiger partial charge on any atom is -0.402 e. The summed E-state index contributed by atoms with van der Waals surface area (Å²) in [6, 6.07) is 0. The average Bonchev–Trinajstić information content (AvgIpc) is 2.19. The van der Waals surface area contributed by atoms with Gasteiger partial charge in [-0.1, -0.05) is 26.1 Å². The van der Waals surface area contributed by atoms with Crippen LogP contribution in [0.25, 0.3) is 0 Å². The second-order valence-corrected chi connectivity index (χ2v) is 4.15. The van der Waals surface area contributed by atoms with Crippen LogP contribution in [-0.4, -0.2) is 36.2 Å². The molecule has 2 N–H and O–H groups in total. The maximum Gasteiger partial charge on any atom is 0.103 e. The fourth-order valence-corrected chi connectivity index (χ4v) is 1.50. The van der Waals surface area contributed by atoms with Crippen molar-refractivity contribution < 1.29 is 4.74 Å². The lowest BCUT2D eigenvalue weighted by atomic mass is 10.1. The largest absolute Gasteiger partial charge is 0.402 e. The number of hydrogen-bond donors (Lipinski definition) is 1. The van der Waals surface area contributed by atoms with Crippen LogP contribution in [0, 0.1) is 5.92 Å². The van der Waals surface area contributed by atoms with Crippen molar-refractivity contribution in [3.8, 4) is 0 Å². The highest BCUT2D eigenvalue weighted by Gasteiger charge is 2.12. The van der Waals surface area contributed by atoms with E-state index in [2.05, 4.69) is 18.7 Å². The number of ether oxygens (including phenoxy) is 1. The Morgan fingerprint density at radius 3 is 2.50 bits per heavy atom. The zero-order valence-electron chi connectivity index (χ0n) is 8.82. The van der Waals surface area contributed by atoms with E-state index < -0.39 is 0 Å². The smallest absolute Gasteiger partial charge is 0.103 e. The van der Waals surface area contributed by atoms with Gasteiger partial charge in [-0.3, -0.25) is 0 Å². The van der Waals surface area contributed by atoms with E-state index in [4.69, 9.17) is 22.7 Å². The molecule has 0 aromatic rings. The molecule has 1 aliphatic heterocycles. The highest BCUT2D eigenvalue weighted by molar-refractivity contribution is 7.80. The molecule has 4 heteroatoms. The van der Waals surface area contributed by atoms with Gasteiger partial charge >= 0.3 is 0 Å². The first-order valence-electron chi connectivity index (χ1n) is 4.95. The Balaban J connectivity index is 2.51. The van der Waals surface area contributed by atoms with Gasteiger partial charge in [-0.05, 0) is 12.0 Å². The molecule has 1 saturated heterocycles. The molecule has 0 bridgehead atoms. The first-order valence-corrected chi connectivity index (χ1v) is 5.36. The molecule has 14 heavy (non-hydrogen) atoms. The first kappa shape index (κ1) is 11.5. The fraction of sp³-hybridized carbons (Fsp3) is 0.700. The summed E-state index contributed by atoms with van der Waals surface area (Å²) in [5.74, 6) is 0.356. The first-order chi connectivity index (χ1) is 6.61. The molecule has 0 aromatic heterocycles. The Morgan fingerprint density at radius 1 is 1.43 bits per heavy atom. The second kappa shape index (κ2) is 5.32. The van der Waals surface area contributed by atoms with E-state index in [1.54, 1.807) is 0 Å². The summed E-state index contributed by atoms with van der Waals surface area (Å²) >= 11 is 5.28. The SMILES string of the molecule is CC(C)C(N)=CC(=S)N1CCOCC1. The van der Waals surface area contributed by atoms with Gasteiger partial charge in [-0.2, -0.15) is 0 Å². The van der Waals surface area contributed by atoms with Crippen LogP contribution in [0.2, 0.25) is 0 Å². The Labute approximate surface area is 90.9 Å². The van der Waals surface area contributed by atoms with E-state index in [1.165, 1.54) is 0 Å². The summed E-state index contributed by atoms with van der Waals surface area (Å²) in [5.41, 5.74) is 6.69. The second-order valence-electron chi connectivity index (χ2n) is 3.74. The molecule has 0 aliphatic carbocycles. The Kier molecular flexibility index (Phi) is 4.35. The minimum atomic E-state index is 0.356. The highest BCUT2D eigenvalue weighted by Crippen LogP contribution is 2.06. The van der Waals surface area contributed by atoms with Crippen molar-refractivity contribution in [2.45, 2.75) is 13.8 Å². The molecular weight excluding hydrogens is 196 g/mol. The van der Waals surface area contributed by atoms with Crippen molar-refractivity contribution in [3.05, 3.63) is 11.8 Å². The normalized spacial score (nSPS) is 18.8. The number of rotatable bonds is 2. The maximum atomic E-state index is 5.84. The lowest BCUT2D eigenvalue weighted by molar-refractivity contribution is 0.0694. The van der Waals surface area contributed by atoms with Crippen molar-refractivity contribution >= 4 is 17.2 Å². The van der Waals surface area contributed by atoms with Crippen LogP contribution >= 0.6 is 12.2 Å². The molecule has 1 rings (SSSR count). The van der Waals surface area contributed by atoms with Crippen LogP contribution in [0.3, 0.4) is 0 Å². The van der Waals surface area contributed by atoms with Crippen molar-refractivity contribution in [1.29, 1.82) is 0 Å². The molecule has 3 nitrogen and oxygen atoms in total. The zero-order chi connectivity index (χ0) is 10.6. The standard InChI is InChI=1S/C10H18N2OS/c1-8(2)9(11)7-10(14)12-3-5-13-6-4-12/h7-8H,3-6,11H2,1-2H3. The molecule has 1 heterocycles. The van der Waals surface area contributed by atoms with Crippen molar-refractivity contribution in [2.75, 3.05) is 26.3 Å². The van der Waals surface area contributed by atoms with Crippen LogP contribution in [0.1, 0.15) is 13.8 Å². The molecule has 1 aliphatic rings. The van der Waals surface area contributed by atoms with E-state index in [9.17, 15) is 0 Å². The summed E-state index contributed by atoms with van der Waals surface area (Å²) in [5, 5.41) is 0. The van der Waals surface area contributed by atoms with Gasteiger partial charge in [-0.25, -0.2) is 0 Å². The molecule has 0 spiro atoms. The van der Waals surface area contributed by atoms with Gasteiger partial charge in [0.1, 0.15) is 4.99 Å². The van der Waals surface area contributed by atoms with Gasteiger partial charge in [0, 0.05) is 18.8 Å². The lowest BCUT2D eigenvalue weighted by Crippen LogP contribution is -2.39. The average molecular weight is 214 g/mol. The monoisotopic (exact) mass is 214 g/mol. The summed E-state index contributed by atoms with van der Waals surface area (Å²) in [6.07, 6.45) is 1.89. The van der Waals surface area contributed by atoms with Crippen LogP contribution in [0.4, 0.5) is 0 Å². The molecule has 1 fully saturated rings. The summed E-state index contributed by atoms with van der Waals surface area (Å²) < 4.78 is 5.25. The molecule has 0 amide bonds. The van der Waals surface area contributed by atoms with Crippen LogP contribution in [0.5, 0.6) is 0 Å². The Bertz CT molecular complexity index is 232. The molecule has 0 unspecified atom stereocenters. The molecular formula is C10H18N2OS. The van der Waals surface area contributed by atoms with Crippen LogP contribution < -0.4 is 5.73 Å². The maximum absolute atomic E-state index is 5.84. The van der Waals surface area contributed by atoms with Crippen molar-refractivity contribution in [1.82, 2.24) is 4.90 Å². The highest BCUT2D eigenvalue weighted by atomic mass is 32.1. The molecule has 0 aromatic carbocycles. The lowest BCUT2D eigenvalue weighted by Gasteiger charge is -2.28. The molecule has 80 valence electrons. The van der Waals surface area contributed by atoms with Crippen molar-refractivity contribution in [3.63, 3.8) is 0 Å². The van der Waals surface area contributed by atoms with Gasteiger partial charge < -0.3 is 15.4 Å². The Morgan fingerprint density at radius 2 is 2.00 bits per heavy atom. The van der Waals surface area contributed by atoms with Crippen LogP contribution in [-0.2, 0) is 4.74 Å². The van der Waals surface area contributed by atoms with Gasteiger partial charge in [0.05, 0.1) is 13.2 Å². The number of morpholine rings is 1. The molecule has 0 atom stereocenters. The number of thiocarbonyl (C=S) groups is 1. The van der Waals surface area contributed by atoms with E-state index in [-0.39, 0.29) is 0 Å². The third-order valence-corrected chi connectivity index (χ3v) is 2.66. The van der Waals surface area contributed by atoms with Gasteiger partial charge in [0.25, 0.3) is 0 Å². The predicted octanol–water partition coefficient (Wildman–Crippen LogP) is 1.14. The van der Waals surface area contributed by atoms with Crippen LogP contribution in [0.15, 0.2) is 11.8 Å². The quantitative estimate of drug-likeness (QED) is 0.553. The summed E-state index contributed by atoms with van der Waals surface area (Å²) in [6.45, 7) is 7.40. The third kappa shape index (κ3) is 3.27. The van der Waals surface area contributed by atoms with E-state index >= 15 is 0 Å². The fourth-order valence-electron chi connectivity index (χ4n) is 1.18. The summed E-state index contributed by atoms with van der Waals surface area (Å²) in [7, 11) is 0. The third-order valence-electron chi connectivity index (χ3n) is 2.28. The predicted molar refractivity (Wildman–Crippen MR) is 62.1 cm³/mol. The number of allylic oxidation sites excluding steroid dienone is 1. The molecule has 0 radical (unpaired) electrons. The van der Waals surface area contributed by atoms with E-state index in [1.807, 2.05) is 6.08 Å². The van der Waals surface area contributed by atoms with Gasteiger partial charge in [-0.15, -0.1) is 0 Å². The molecule has 0 saturated carbocycles. The summed E-state index contributed by atoms with van der Waals surface area (Å²) in [4.78, 5) is 2.97. The van der Waals surface area contributed by atoms with Crippen molar-refractivity contribution in [2.24, 2.45) is 11.7 Å². The van der Waals surface area contributed by atoms with Gasteiger partial charge in [0.2, 0.25) is 0 Å². The number of nitrogens with two attached hydrogens (primary N) is 1. The minimum absolute atomic E-state index is 0.356. The van der Waals surface area contributed by atoms with Gasteiger partial charge in [0.15, 0.2) is 0 Å².